The average molecular weight is 463 g/mol. The molecule has 0 aliphatic rings. The number of ether oxygens (including phenoxy) is 1. The minimum atomic E-state index is -0.427. The molecule has 2 aromatic heterocycles. The molecule has 0 N–H and O–H groups in total. The second kappa shape index (κ2) is 10.1. The van der Waals surface area contributed by atoms with Crippen molar-refractivity contribution in [2.75, 3.05) is 11.5 Å². The van der Waals surface area contributed by atoms with Crippen LogP contribution in [0.25, 0.3) is 5.69 Å². The number of thiazole rings is 1. The predicted molar refractivity (Wildman–Crippen MR) is 123 cm³/mol. The van der Waals surface area contributed by atoms with Gasteiger partial charge in [-0.05, 0) is 47.5 Å². The number of hydrogen-bond acceptors (Lipinski definition) is 8. The van der Waals surface area contributed by atoms with Crippen molar-refractivity contribution in [3.63, 3.8) is 0 Å². The minimum absolute atomic E-state index is 0.127. The summed E-state index contributed by atoms with van der Waals surface area (Å²) < 4.78 is 6.67. The van der Waals surface area contributed by atoms with Crippen LogP contribution in [0.15, 0.2) is 60.9 Å². The summed E-state index contributed by atoms with van der Waals surface area (Å²) in [4.78, 5) is 32.2. The van der Waals surface area contributed by atoms with E-state index in [-0.39, 0.29) is 18.9 Å². The molecule has 0 aliphatic heterocycles. The molecule has 4 aromatic rings. The summed E-state index contributed by atoms with van der Waals surface area (Å²) in [6.07, 6.45) is 1.68. The van der Waals surface area contributed by atoms with Gasteiger partial charge in [-0.25, -0.2) is 14.5 Å². The zero-order valence-electron chi connectivity index (χ0n) is 18.2. The first-order chi connectivity index (χ1) is 16.0. The maximum Gasteiger partial charge on any atom is 0.350 e. The maximum absolute atomic E-state index is 13.4. The first-order valence-electron chi connectivity index (χ1n) is 10.4. The molecule has 2 aromatic carbocycles. The summed E-state index contributed by atoms with van der Waals surface area (Å²) in [5.74, 6) is -0.553. The Balaban J connectivity index is 1.58. The van der Waals surface area contributed by atoms with E-state index in [2.05, 4.69) is 20.5 Å². The van der Waals surface area contributed by atoms with Crippen molar-refractivity contribution in [3.05, 3.63) is 82.6 Å². The van der Waals surface area contributed by atoms with Gasteiger partial charge in [-0.2, -0.15) is 0 Å². The number of anilines is 1. The first-order valence-corrected chi connectivity index (χ1v) is 11.2. The smallest absolute Gasteiger partial charge is 0.350 e. The highest BCUT2D eigenvalue weighted by Gasteiger charge is 2.24. The number of carbonyl (C=O) groups is 2. The van der Waals surface area contributed by atoms with E-state index in [1.54, 1.807) is 23.4 Å². The second-order valence-corrected chi connectivity index (χ2v) is 8.17. The van der Waals surface area contributed by atoms with Gasteiger partial charge in [0.05, 0.1) is 31.0 Å². The molecule has 4 rings (SSSR count). The third-order valence-electron chi connectivity index (χ3n) is 4.87. The topological polar surface area (TPSA) is 103 Å². The molecule has 0 atom stereocenters. The number of carbonyl (C=O) groups excluding carboxylic acids is 2. The standard InChI is InChI=1S/C23H22N6O3S/c1-3-32-22(31)21-16(2)25-23(33-21)28(14-18-7-5-4-6-8-18)20(30)13-17-9-11-19(12-10-17)29-15-24-26-27-29/h4-12,15H,3,13-14H2,1-2H3. The number of hydrogen-bond donors (Lipinski definition) is 0. The van der Waals surface area contributed by atoms with Crippen molar-refractivity contribution in [1.29, 1.82) is 0 Å². The molecule has 0 unspecified atom stereocenters. The Morgan fingerprint density at radius 3 is 2.48 bits per heavy atom. The van der Waals surface area contributed by atoms with Crippen LogP contribution in [0, 0.1) is 6.92 Å². The summed E-state index contributed by atoms with van der Waals surface area (Å²) >= 11 is 1.17. The summed E-state index contributed by atoms with van der Waals surface area (Å²) in [5, 5.41) is 11.6. The van der Waals surface area contributed by atoms with E-state index in [9.17, 15) is 9.59 Å². The van der Waals surface area contributed by atoms with Gasteiger partial charge >= 0.3 is 5.97 Å². The number of amides is 1. The second-order valence-electron chi connectivity index (χ2n) is 7.19. The van der Waals surface area contributed by atoms with Gasteiger partial charge in [0.1, 0.15) is 11.2 Å². The highest BCUT2D eigenvalue weighted by molar-refractivity contribution is 7.17. The molecular formula is C23H22N6O3S. The zero-order valence-corrected chi connectivity index (χ0v) is 19.0. The molecule has 10 heteroatoms. The molecule has 0 fully saturated rings. The van der Waals surface area contributed by atoms with E-state index in [0.29, 0.717) is 22.2 Å². The summed E-state index contributed by atoms with van der Waals surface area (Å²) in [7, 11) is 0. The van der Waals surface area contributed by atoms with E-state index in [0.717, 1.165) is 16.8 Å². The Labute approximate surface area is 194 Å². The van der Waals surface area contributed by atoms with Crippen LogP contribution in [-0.2, 0) is 22.5 Å². The molecular weight excluding hydrogens is 440 g/mol. The Kier molecular flexibility index (Phi) is 6.84. The summed E-state index contributed by atoms with van der Waals surface area (Å²) in [6, 6.07) is 17.1. The molecule has 0 spiro atoms. The molecule has 0 bridgehead atoms. The normalized spacial score (nSPS) is 10.7. The fraction of sp³-hybridized carbons (Fsp3) is 0.217. The van der Waals surface area contributed by atoms with Crippen molar-refractivity contribution in [2.24, 2.45) is 0 Å². The summed E-state index contributed by atoms with van der Waals surface area (Å²) in [5.41, 5.74) is 3.15. The molecule has 168 valence electrons. The van der Waals surface area contributed by atoms with Crippen LogP contribution in [0.3, 0.4) is 0 Å². The quantitative estimate of drug-likeness (QED) is 0.370. The lowest BCUT2D eigenvalue weighted by atomic mass is 10.1. The van der Waals surface area contributed by atoms with E-state index < -0.39 is 5.97 Å². The SMILES string of the molecule is CCOC(=O)c1sc(N(Cc2ccccc2)C(=O)Cc2ccc(-n3cnnn3)cc2)nc1C. The number of tetrazole rings is 1. The molecule has 2 heterocycles. The fourth-order valence-corrected chi connectivity index (χ4v) is 4.21. The summed E-state index contributed by atoms with van der Waals surface area (Å²) in [6.45, 7) is 4.12. The lowest BCUT2D eigenvalue weighted by molar-refractivity contribution is -0.118. The van der Waals surface area contributed by atoms with E-state index in [1.165, 1.54) is 17.7 Å². The van der Waals surface area contributed by atoms with Crippen LogP contribution < -0.4 is 4.90 Å². The lowest BCUT2D eigenvalue weighted by Gasteiger charge is -2.20. The Morgan fingerprint density at radius 1 is 1.06 bits per heavy atom. The Bertz CT molecular complexity index is 1220. The monoisotopic (exact) mass is 462 g/mol. The maximum atomic E-state index is 13.4. The van der Waals surface area contributed by atoms with Gasteiger partial charge in [0.15, 0.2) is 5.13 Å². The van der Waals surface area contributed by atoms with Crippen LogP contribution in [0.1, 0.15) is 33.4 Å². The number of aromatic nitrogens is 5. The number of rotatable bonds is 8. The first kappa shape index (κ1) is 22.3. The van der Waals surface area contributed by atoms with Gasteiger partial charge < -0.3 is 4.74 Å². The minimum Gasteiger partial charge on any atom is -0.462 e. The van der Waals surface area contributed by atoms with Crippen LogP contribution in [0.5, 0.6) is 0 Å². The van der Waals surface area contributed by atoms with E-state index >= 15 is 0 Å². The van der Waals surface area contributed by atoms with Gasteiger partial charge in [0.25, 0.3) is 0 Å². The van der Waals surface area contributed by atoms with Crippen LogP contribution in [0.2, 0.25) is 0 Å². The number of benzene rings is 2. The molecule has 0 saturated heterocycles. The van der Waals surface area contributed by atoms with Crippen molar-refractivity contribution >= 4 is 28.3 Å². The van der Waals surface area contributed by atoms with E-state index in [4.69, 9.17) is 4.74 Å². The van der Waals surface area contributed by atoms with Crippen molar-refractivity contribution in [2.45, 2.75) is 26.8 Å². The average Bonchev–Trinajstić information content (AvgIpc) is 3.49. The van der Waals surface area contributed by atoms with Crippen LogP contribution >= 0.6 is 11.3 Å². The molecule has 0 aliphatic carbocycles. The number of aryl methyl sites for hydroxylation is 1. The van der Waals surface area contributed by atoms with Gasteiger partial charge in [0, 0.05) is 0 Å². The zero-order chi connectivity index (χ0) is 23.2. The highest BCUT2D eigenvalue weighted by atomic mass is 32.1. The van der Waals surface area contributed by atoms with Crippen molar-refractivity contribution in [1.82, 2.24) is 25.2 Å². The molecule has 1 amide bonds. The molecule has 0 saturated carbocycles. The Hall–Kier alpha value is -3.92. The Morgan fingerprint density at radius 2 is 1.82 bits per heavy atom. The third kappa shape index (κ3) is 5.29. The third-order valence-corrected chi connectivity index (χ3v) is 6.03. The predicted octanol–water partition coefficient (Wildman–Crippen LogP) is 3.38. The number of nitrogens with zero attached hydrogens (tertiary/aromatic N) is 6. The fourth-order valence-electron chi connectivity index (χ4n) is 3.23. The molecule has 33 heavy (non-hydrogen) atoms. The van der Waals surface area contributed by atoms with Crippen LogP contribution in [0.4, 0.5) is 5.13 Å². The van der Waals surface area contributed by atoms with Crippen LogP contribution in [-0.4, -0.2) is 43.7 Å². The highest BCUT2D eigenvalue weighted by Crippen LogP contribution is 2.29. The van der Waals surface area contributed by atoms with Gasteiger partial charge in [0.2, 0.25) is 5.91 Å². The van der Waals surface area contributed by atoms with Gasteiger partial charge in [-0.1, -0.05) is 53.8 Å². The van der Waals surface area contributed by atoms with Gasteiger partial charge in [-0.15, -0.1) is 5.10 Å². The van der Waals surface area contributed by atoms with Crippen molar-refractivity contribution in [3.8, 4) is 5.69 Å². The lowest BCUT2D eigenvalue weighted by Crippen LogP contribution is -2.31. The van der Waals surface area contributed by atoms with E-state index in [1.807, 2.05) is 54.6 Å². The molecule has 9 nitrogen and oxygen atoms in total. The number of esters is 1. The van der Waals surface area contributed by atoms with Crippen molar-refractivity contribution < 1.29 is 14.3 Å². The molecule has 0 radical (unpaired) electrons. The van der Waals surface area contributed by atoms with Gasteiger partial charge in [-0.3, -0.25) is 9.69 Å². The largest absolute Gasteiger partial charge is 0.462 e.